The summed E-state index contributed by atoms with van der Waals surface area (Å²) in [5.74, 6) is -0.794. The average molecular weight is 326 g/mol. The molecule has 1 heterocycles. The Labute approximate surface area is 124 Å². The Hall–Kier alpha value is -1.41. The summed E-state index contributed by atoms with van der Waals surface area (Å²) in [6, 6.07) is 0. The van der Waals surface area contributed by atoms with Crippen LogP contribution in [0.2, 0.25) is 5.02 Å². The van der Waals surface area contributed by atoms with Gasteiger partial charge in [0.1, 0.15) is 12.4 Å². The first-order valence-corrected chi connectivity index (χ1v) is 6.52. The highest BCUT2D eigenvalue weighted by molar-refractivity contribution is 6.33. The summed E-state index contributed by atoms with van der Waals surface area (Å²) in [5.41, 5.74) is -0.298. The fourth-order valence-corrected chi connectivity index (χ4v) is 1.72. The normalized spacial score (nSPS) is 11.8. The lowest BCUT2D eigenvalue weighted by molar-refractivity contribution is -0.141. The largest absolute Gasteiger partial charge is 0.406 e. The van der Waals surface area contributed by atoms with Gasteiger partial charge in [-0.3, -0.25) is 4.79 Å². The van der Waals surface area contributed by atoms with Crippen molar-refractivity contribution in [2.24, 2.45) is 0 Å². The molecule has 118 valence electrons. The van der Waals surface area contributed by atoms with Crippen molar-refractivity contribution in [1.82, 2.24) is 14.9 Å². The molecule has 0 radical (unpaired) electrons. The number of aromatic nitrogens is 2. The Bertz CT molecular complexity index is 509. The molecule has 21 heavy (non-hydrogen) atoms. The number of aliphatic hydroxyl groups is 1. The molecule has 0 aliphatic carbocycles. The molecule has 0 aromatic carbocycles. The first kappa shape index (κ1) is 17.6. The summed E-state index contributed by atoms with van der Waals surface area (Å²) in [6.07, 6.45) is -3.40. The molecule has 5 nitrogen and oxygen atoms in total. The minimum atomic E-state index is -4.58. The van der Waals surface area contributed by atoms with E-state index in [-0.39, 0.29) is 16.6 Å². The smallest absolute Gasteiger partial charge is 0.395 e. The lowest BCUT2D eigenvalue weighted by Gasteiger charge is -2.23. The topological polar surface area (TPSA) is 66.3 Å². The van der Waals surface area contributed by atoms with Crippen LogP contribution in [0.5, 0.6) is 0 Å². The van der Waals surface area contributed by atoms with Gasteiger partial charge in [0, 0.05) is 12.5 Å². The Balaban J connectivity index is 3.11. The molecule has 9 heteroatoms. The van der Waals surface area contributed by atoms with Gasteiger partial charge in [-0.2, -0.15) is 13.2 Å². The number of nitrogens with zero attached hydrogens (tertiary/aromatic N) is 3. The number of hydrogen-bond acceptors (Lipinski definition) is 4. The zero-order valence-corrected chi connectivity index (χ0v) is 12.2. The second-order valence-corrected chi connectivity index (χ2v) is 5.05. The summed E-state index contributed by atoms with van der Waals surface area (Å²) in [4.78, 5) is 20.4. The summed E-state index contributed by atoms with van der Waals surface area (Å²) < 4.78 is 37.4. The second-order valence-electron chi connectivity index (χ2n) is 4.64. The van der Waals surface area contributed by atoms with Crippen LogP contribution >= 0.6 is 11.6 Å². The molecule has 1 amide bonds. The van der Waals surface area contributed by atoms with Gasteiger partial charge >= 0.3 is 6.18 Å². The molecule has 1 rings (SSSR count). The molecule has 0 spiro atoms. The van der Waals surface area contributed by atoms with Crippen LogP contribution in [0.3, 0.4) is 0 Å². The van der Waals surface area contributed by atoms with E-state index in [2.05, 4.69) is 9.97 Å². The minimum absolute atomic E-state index is 0.109. The van der Waals surface area contributed by atoms with Crippen LogP contribution in [0.15, 0.2) is 6.20 Å². The maximum Gasteiger partial charge on any atom is 0.406 e. The molecule has 0 atom stereocenters. The first-order chi connectivity index (χ1) is 9.65. The SMILES string of the molecule is CC(C)c1ncc(Cl)c(C(=O)N(CCO)CC(F)(F)F)n1. The third-order valence-electron chi connectivity index (χ3n) is 2.51. The van der Waals surface area contributed by atoms with Gasteiger partial charge in [-0.1, -0.05) is 25.4 Å². The molecule has 0 bridgehead atoms. The van der Waals surface area contributed by atoms with Crippen LogP contribution in [0.25, 0.3) is 0 Å². The first-order valence-electron chi connectivity index (χ1n) is 6.15. The average Bonchev–Trinajstić information content (AvgIpc) is 2.36. The molecule has 1 aromatic rings. The molecule has 0 fully saturated rings. The molecule has 1 N–H and O–H groups in total. The van der Waals surface area contributed by atoms with Gasteiger partial charge in [-0.05, 0) is 0 Å². The van der Waals surface area contributed by atoms with E-state index in [4.69, 9.17) is 16.7 Å². The van der Waals surface area contributed by atoms with Crippen LogP contribution in [0.4, 0.5) is 13.2 Å². The van der Waals surface area contributed by atoms with E-state index >= 15 is 0 Å². The van der Waals surface area contributed by atoms with E-state index in [0.29, 0.717) is 10.7 Å². The Morgan fingerprint density at radius 1 is 1.48 bits per heavy atom. The van der Waals surface area contributed by atoms with Crippen molar-refractivity contribution >= 4 is 17.5 Å². The number of halogens is 4. The Morgan fingerprint density at radius 2 is 2.10 bits per heavy atom. The van der Waals surface area contributed by atoms with E-state index in [1.54, 1.807) is 13.8 Å². The predicted octanol–water partition coefficient (Wildman–Crippen LogP) is 2.25. The van der Waals surface area contributed by atoms with Crippen LogP contribution in [-0.2, 0) is 0 Å². The van der Waals surface area contributed by atoms with Crippen LogP contribution in [0, 0.1) is 0 Å². The van der Waals surface area contributed by atoms with E-state index in [1.807, 2.05) is 0 Å². The van der Waals surface area contributed by atoms with Gasteiger partial charge in [0.2, 0.25) is 0 Å². The Kier molecular flexibility index (Phi) is 5.91. The van der Waals surface area contributed by atoms with E-state index in [9.17, 15) is 18.0 Å². The van der Waals surface area contributed by atoms with Crippen LogP contribution in [0.1, 0.15) is 36.1 Å². The van der Waals surface area contributed by atoms with Crippen molar-refractivity contribution in [2.75, 3.05) is 19.7 Å². The van der Waals surface area contributed by atoms with Crippen molar-refractivity contribution in [2.45, 2.75) is 25.9 Å². The van der Waals surface area contributed by atoms with Gasteiger partial charge in [-0.15, -0.1) is 0 Å². The fourth-order valence-electron chi connectivity index (χ4n) is 1.55. The number of aliphatic hydroxyl groups excluding tert-OH is 1. The second kappa shape index (κ2) is 7.04. The highest BCUT2D eigenvalue weighted by atomic mass is 35.5. The number of rotatable bonds is 5. The Morgan fingerprint density at radius 3 is 2.57 bits per heavy atom. The molecular formula is C12H15ClF3N3O2. The fraction of sp³-hybridized carbons (Fsp3) is 0.583. The third kappa shape index (κ3) is 5.13. The molecule has 1 aromatic heterocycles. The number of carbonyl (C=O) groups excluding carboxylic acids is 1. The lowest BCUT2D eigenvalue weighted by atomic mass is 10.2. The maximum absolute atomic E-state index is 12.5. The van der Waals surface area contributed by atoms with Gasteiger partial charge in [-0.25, -0.2) is 9.97 Å². The van der Waals surface area contributed by atoms with E-state index < -0.39 is 31.8 Å². The summed E-state index contributed by atoms with van der Waals surface area (Å²) in [7, 11) is 0. The van der Waals surface area contributed by atoms with Crippen LogP contribution in [-0.4, -0.2) is 51.8 Å². The monoisotopic (exact) mass is 325 g/mol. The van der Waals surface area contributed by atoms with Crippen molar-refractivity contribution in [3.63, 3.8) is 0 Å². The molecule has 0 saturated heterocycles. The van der Waals surface area contributed by atoms with Gasteiger partial charge in [0.25, 0.3) is 5.91 Å². The van der Waals surface area contributed by atoms with Crippen LogP contribution < -0.4 is 0 Å². The molecule has 0 aliphatic heterocycles. The lowest BCUT2D eigenvalue weighted by Crippen LogP contribution is -2.41. The van der Waals surface area contributed by atoms with Crippen molar-refractivity contribution in [3.05, 3.63) is 22.7 Å². The summed E-state index contributed by atoms with van der Waals surface area (Å²) in [6.45, 7) is 1.01. The van der Waals surface area contributed by atoms with Gasteiger partial charge in [0.15, 0.2) is 5.69 Å². The van der Waals surface area contributed by atoms with E-state index in [0.717, 1.165) is 0 Å². The number of carbonyl (C=O) groups is 1. The molecule has 0 saturated carbocycles. The third-order valence-corrected chi connectivity index (χ3v) is 2.79. The standard InChI is InChI=1S/C12H15ClF3N3O2/c1-7(2)10-17-5-8(13)9(18-10)11(21)19(3-4-20)6-12(14,15)16/h5,7,20H,3-4,6H2,1-2H3. The van der Waals surface area contributed by atoms with Crippen molar-refractivity contribution in [1.29, 1.82) is 0 Å². The number of hydrogen-bond donors (Lipinski definition) is 1. The minimum Gasteiger partial charge on any atom is -0.395 e. The maximum atomic E-state index is 12.5. The van der Waals surface area contributed by atoms with Crippen molar-refractivity contribution in [3.8, 4) is 0 Å². The quantitative estimate of drug-likeness (QED) is 0.901. The molecular weight excluding hydrogens is 311 g/mol. The molecule has 0 unspecified atom stereocenters. The zero-order chi connectivity index (χ0) is 16.2. The number of alkyl halides is 3. The highest BCUT2D eigenvalue weighted by Crippen LogP contribution is 2.21. The van der Waals surface area contributed by atoms with Gasteiger partial charge in [0.05, 0.1) is 17.8 Å². The highest BCUT2D eigenvalue weighted by Gasteiger charge is 2.34. The predicted molar refractivity (Wildman–Crippen MR) is 70.2 cm³/mol. The molecule has 0 aliphatic rings. The van der Waals surface area contributed by atoms with Crippen molar-refractivity contribution < 1.29 is 23.1 Å². The van der Waals surface area contributed by atoms with Gasteiger partial charge < -0.3 is 10.0 Å². The summed E-state index contributed by atoms with van der Waals surface area (Å²) in [5, 5.41) is 8.68. The number of amides is 1. The zero-order valence-electron chi connectivity index (χ0n) is 11.5. The summed E-state index contributed by atoms with van der Waals surface area (Å²) >= 11 is 5.79. The van der Waals surface area contributed by atoms with E-state index in [1.165, 1.54) is 6.20 Å².